The van der Waals surface area contributed by atoms with Gasteiger partial charge in [-0.3, -0.25) is 4.90 Å². The average Bonchev–Trinajstić information content (AvgIpc) is 3.24. The van der Waals surface area contributed by atoms with Crippen molar-refractivity contribution >= 4 is 0 Å². The fourth-order valence-electron chi connectivity index (χ4n) is 4.29. The van der Waals surface area contributed by atoms with Crippen molar-refractivity contribution in [2.45, 2.75) is 25.0 Å². The van der Waals surface area contributed by atoms with Crippen LogP contribution in [0.15, 0.2) is 60.7 Å². The molecular weight excluding hydrogens is 322 g/mol. The van der Waals surface area contributed by atoms with E-state index in [1.54, 1.807) is 0 Å². The quantitative estimate of drug-likeness (QED) is 0.792. The maximum absolute atomic E-state index is 4.58. The molecule has 0 saturated carbocycles. The molecule has 2 aliphatic rings. The van der Waals surface area contributed by atoms with Crippen LogP contribution in [-0.4, -0.2) is 45.6 Å². The zero-order valence-corrected chi connectivity index (χ0v) is 14.8. The number of fused-ring (bicyclic) bond motifs is 3. The van der Waals surface area contributed by atoms with E-state index in [1.165, 1.54) is 11.3 Å². The monoisotopic (exact) mass is 345 g/mol. The number of nitrogens with one attached hydrogen (secondary N) is 1. The minimum Gasteiger partial charge on any atom is -0.310 e. The lowest BCUT2D eigenvalue weighted by molar-refractivity contribution is 0.308. The van der Waals surface area contributed by atoms with Crippen molar-refractivity contribution in [3.05, 3.63) is 71.9 Å². The first kappa shape index (κ1) is 15.7. The molecule has 5 nitrogen and oxygen atoms in total. The highest BCUT2D eigenvalue weighted by molar-refractivity contribution is 5.61. The number of rotatable bonds is 3. The molecule has 0 radical (unpaired) electrons. The Kier molecular flexibility index (Phi) is 4.03. The summed E-state index contributed by atoms with van der Waals surface area (Å²) in [6.45, 7) is 4.04. The lowest BCUT2D eigenvalue weighted by Crippen LogP contribution is -2.36. The molecule has 26 heavy (non-hydrogen) atoms. The van der Waals surface area contributed by atoms with Gasteiger partial charge in [0.05, 0.1) is 11.7 Å². The number of benzene rings is 2. The summed E-state index contributed by atoms with van der Waals surface area (Å²) >= 11 is 0. The van der Waals surface area contributed by atoms with E-state index in [0.29, 0.717) is 12.1 Å². The third-order valence-electron chi connectivity index (χ3n) is 5.53. The van der Waals surface area contributed by atoms with Crippen LogP contribution in [0, 0.1) is 0 Å². The van der Waals surface area contributed by atoms with E-state index in [0.717, 1.165) is 43.9 Å². The Morgan fingerprint density at radius 3 is 2.54 bits per heavy atom. The minimum atomic E-state index is 0.348. The summed E-state index contributed by atoms with van der Waals surface area (Å²) in [5.74, 6) is 0. The van der Waals surface area contributed by atoms with Crippen molar-refractivity contribution in [2.24, 2.45) is 0 Å². The van der Waals surface area contributed by atoms with Crippen LogP contribution >= 0.6 is 0 Å². The molecule has 0 amide bonds. The van der Waals surface area contributed by atoms with Crippen LogP contribution in [0.4, 0.5) is 0 Å². The number of hydrogen-bond donors (Lipinski definition) is 1. The van der Waals surface area contributed by atoms with Gasteiger partial charge < -0.3 is 5.32 Å². The maximum atomic E-state index is 4.58. The summed E-state index contributed by atoms with van der Waals surface area (Å²) in [7, 11) is 0. The van der Waals surface area contributed by atoms with E-state index in [-0.39, 0.29) is 0 Å². The van der Waals surface area contributed by atoms with Crippen molar-refractivity contribution in [3.63, 3.8) is 0 Å². The van der Waals surface area contributed by atoms with Crippen molar-refractivity contribution in [1.29, 1.82) is 0 Å². The molecule has 5 rings (SSSR count). The van der Waals surface area contributed by atoms with Gasteiger partial charge in [-0.15, -0.1) is 5.10 Å². The van der Waals surface area contributed by atoms with Crippen LogP contribution < -0.4 is 5.32 Å². The molecule has 1 saturated heterocycles. The SMILES string of the molecule is c1ccc(CN2CC3NCCc4c(-c5ccccc5)nnn4C3C2)cc1. The predicted octanol–water partition coefficient (Wildman–Crippen LogP) is 2.52. The zero-order valence-electron chi connectivity index (χ0n) is 14.8. The second-order valence-electron chi connectivity index (χ2n) is 7.25. The van der Waals surface area contributed by atoms with E-state index >= 15 is 0 Å². The lowest BCUT2D eigenvalue weighted by Gasteiger charge is -2.17. The molecule has 3 heterocycles. The smallest absolute Gasteiger partial charge is 0.116 e. The van der Waals surface area contributed by atoms with E-state index in [9.17, 15) is 0 Å². The number of hydrogen-bond acceptors (Lipinski definition) is 4. The average molecular weight is 345 g/mol. The largest absolute Gasteiger partial charge is 0.310 e. The third-order valence-corrected chi connectivity index (χ3v) is 5.53. The number of likely N-dealkylation sites (tertiary alicyclic amines) is 1. The highest BCUT2D eigenvalue weighted by Crippen LogP contribution is 2.30. The van der Waals surface area contributed by atoms with Gasteiger partial charge in [-0.05, 0) is 5.56 Å². The van der Waals surface area contributed by atoms with Crippen molar-refractivity contribution in [3.8, 4) is 11.3 Å². The summed E-state index contributed by atoms with van der Waals surface area (Å²) in [6.07, 6.45) is 0.975. The normalized spacial score (nSPS) is 22.6. The number of aromatic nitrogens is 3. The molecule has 5 heteroatoms. The molecule has 1 N–H and O–H groups in total. The fraction of sp³-hybridized carbons (Fsp3) is 0.333. The predicted molar refractivity (Wildman–Crippen MR) is 102 cm³/mol. The Hall–Kier alpha value is -2.50. The van der Waals surface area contributed by atoms with Crippen LogP contribution in [0.3, 0.4) is 0 Å². The van der Waals surface area contributed by atoms with Crippen LogP contribution in [0.2, 0.25) is 0 Å². The molecule has 3 aromatic rings. The van der Waals surface area contributed by atoms with E-state index in [4.69, 9.17) is 0 Å². The maximum Gasteiger partial charge on any atom is 0.116 e. The molecule has 1 fully saturated rings. The van der Waals surface area contributed by atoms with Crippen molar-refractivity contribution < 1.29 is 0 Å². The van der Waals surface area contributed by atoms with Gasteiger partial charge in [0.1, 0.15) is 5.69 Å². The van der Waals surface area contributed by atoms with Gasteiger partial charge in [-0.25, -0.2) is 4.68 Å². The molecule has 2 aromatic carbocycles. The van der Waals surface area contributed by atoms with Crippen LogP contribution in [-0.2, 0) is 13.0 Å². The first-order valence-electron chi connectivity index (χ1n) is 9.37. The van der Waals surface area contributed by atoms with E-state index < -0.39 is 0 Å². The fourth-order valence-corrected chi connectivity index (χ4v) is 4.29. The molecule has 0 spiro atoms. The van der Waals surface area contributed by atoms with E-state index in [2.05, 4.69) is 79.8 Å². The Labute approximate surface area is 153 Å². The van der Waals surface area contributed by atoms with Gasteiger partial charge >= 0.3 is 0 Å². The van der Waals surface area contributed by atoms with Crippen LogP contribution in [0.25, 0.3) is 11.3 Å². The van der Waals surface area contributed by atoms with Crippen LogP contribution in [0.5, 0.6) is 0 Å². The standard InChI is InChI=1S/C21H23N5/c1-3-7-16(8-4-1)13-25-14-18-20(15-25)26-19(11-12-22-18)21(23-24-26)17-9-5-2-6-10-17/h1-10,18,20,22H,11-15H2. The van der Waals surface area contributed by atoms with E-state index in [1.807, 2.05) is 6.07 Å². The molecule has 2 atom stereocenters. The Morgan fingerprint density at radius 2 is 1.73 bits per heavy atom. The van der Waals surface area contributed by atoms with Gasteiger partial charge in [-0.2, -0.15) is 0 Å². The van der Waals surface area contributed by atoms with Crippen LogP contribution in [0.1, 0.15) is 17.3 Å². The highest BCUT2D eigenvalue weighted by atomic mass is 15.5. The molecule has 2 aliphatic heterocycles. The zero-order chi connectivity index (χ0) is 17.3. The van der Waals surface area contributed by atoms with Gasteiger partial charge in [-0.1, -0.05) is 65.9 Å². The second kappa shape index (κ2) is 6.67. The summed E-state index contributed by atoms with van der Waals surface area (Å²) in [5, 5.41) is 12.9. The van der Waals surface area contributed by atoms with Gasteiger partial charge in [0, 0.05) is 44.2 Å². The Balaban J connectivity index is 1.42. The van der Waals surface area contributed by atoms with Crippen molar-refractivity contribution in [2.75, 3.05) is 19.6 Å². The van der Waals surface area contributed by atoms with Crippen molar-refractivity contribution in [1.82, 2.24) is 25.2 Å². The molecule has 0 bridgehead atoms. The molecule has 0 aliphatic carbocycles. The molecule has 132 valence electrons. The highest BCUT2D eigenvalue weighted by Gasteiger charge is 2.37. The van der Waals surface area contributed by atoms with Gasteiger partial charge in [0.2, 0.25) is 0 Å². The first-order chi connectivity index (χ1) is 12.9. The second-order valence-corrected chi connectivity index (χ2v) is 7.25. The Bertz CT molecular complexity index is 874. The topological polar surface area (TPSA) is 46.0 Å². The third kappa shape index (κ3) is 2.83. The van der Waals surface area contributed by atoms with Gasteiger partial charge in [0.25, 0.3) is 0 Å². The summed E-state index contributed by atoms with van der Waals surface area (Å²) in [4.78, 5) is 2.52. The molecular formula is C21H23N5. The Morgan fingerprint density at radius 1 is 0.962 bits per heavy atom. The number of nitrogens with zero attached hydrogens (tertiary/aromatic N) is 4. The first-order valence-corrected chi connectivity index (χ1v) is 9.37. The lowest BCUT2D eigenvalue weighted by atomic mass is 10.1. The summed E-state index contributed by atoms with van der Waals surface area (Å²) in [6, 6.07) is 21.9. The van der Waals surface area contributed by atoms with Gasteiger partial charge in [0.15, 0.2) is 0 Å². The molecule has 1 aromatic heterocycles. The minimum absolute atomic E-state index is 0.348. The summed E-state index contributed by atoms with van der Waals surface area (Å²) < 4.78 is 2.19. The summed E-state index contributed by atoms with van der Waals surface area (Å²) in [5.41, 5.74) is 4.83. The molecule has 2 unspecified atom stereocenters.